The van der Waals surface area contributed by atoms with Crippen LogP contribution >= 0.6 is 22.7 Å². The lowest BCUT2D eigenvalue weighted by Crippen LogP contribution is -2.28. The standard InChI is InChI=1S/C26H23N3O3S2/c1-19(30)29(22-7-4-3-5-8-22)26-27-20(18-34-26)10-15-25(31)28(17-24-9-6-16-33-24)21-11-13-23(32-2)14-12-21/h3-16,18H,17H2,1-2H3. The van der Waals surface area contributed by atoms with Crippen molar-refractivity contribution in [1.29, 1.82) is 0 Å². The van der Waals surface area contributed by atoms with Gasteiger partial charge in [-0.05, 0) is 53.9 Å². The number of rotatable bonds is 8. The predicted molar refractivity (Wildman–Crippen MR) is 139 cm³/mol. The number of amides is 2. The predicted octanol–water partition coefficient (Wildman–Crippen LogP) is 6.14. The van der Waals surface area contributed by atoms with Crippen LogP contribution in [0.1, 0.15) is 17.5 Å². The molecule has 2 heterocycles. The lowest BCUT2D eigenvalue weighted by molar-refractivity contribution is -0.116. The molecule has 0 saturated carbocycles. The van der Waals surface area contributed by atoms with Crippen molar-refractivity contribution < 1.29 is 14.3 Å². The summed E-state index contributed by atoms with van der Waals surface area (Å²) in [6, 6.07) is 20.7. The second kappa shape index (κ2) is 10.9. The van der Waals surface area contributed by atoms with Crippen LogP contribution in [0.4, 0.5) is 16.5 Å². The van der Waals surface area contributed by atoms with Crippen molar-refractivity contribution in [2.45, 2.75) is 13.5 Å². The average molecular weight is 490 g/mol. The molecule has 0 saturated heterocycles. The number of nitrogens with zero attached hydrogens (tertiary/aromatic N) is 3. The van der Waals surface area contributed by atoms with Gasteiger partial charge in [0, 0.05) is 28.9 Å². The molecule has 4 rings (SSSR count). The zero-order chi connectivity index (χ0) is 23.9. The summed E-state index contributed by atoms with van der Waals surface area (Å²) in [6.07, 6.45) is 3.19. The van der Waals surface area contributed by atoms with Gasteiger partial charge in [-0.15, -0.1) is 22.7 Å². The molecule has 0 radical (unpaired) electrons. The van der Waals surface area contributed by atoms with Crippen LogP contribution in [0.5, 0.6) is 5.75 Å². The number of para-hydroxylation sites is 1. The van der Waals surface area contributed by atoms with Gasteiger partial charge in [0.15, 0.2) is 5.13 Å². The number of carbonyl (C=O) groups excluding carboxylic acids is 2. The minimum atomic E-state index is -0.167. The molecular formula is C26H23N3O3S2. The Kier molecular flexibility index (Phi) is 7.51. The number of hydrogen-bond acceptors (Lipinski definition) is 6. The smallest absolute Gasteiger partial charge is 0.251 e. The van der Waals surface area contributed by atoms with E-state index in [4.69, 9.17) is 4.74 Å². The largest absolute Gasteiger partial charge is 0.497 e. The number of benzene rings is 2. The quantitative estimate of drug-likeness (QED) is 0.279. The van der Waals surface area contributed by atoms with Crippen LogP contribution in [0.2, 0.25) is 0 Å². The van der Waals surface area contributed by atoms with Gasteiger partial charge in [0.1, 0.15) is 5.75 Å². The van der Waals surface area contributed by atoms with Crippen molar-refractivity contribution in [2.24, 2.45) is 0 Å². The summed E-state index contributed by atoms with van der Waals surface area (Å²) in [5.74, 6) is 0.430. The van der Waals surface area contributed by atoms with Crippen LogP contribution in [-0.4, -0.2) is 23.9 Å². The first kappa shape index (κ1) is 23.4. The van der Waals surface area contributed by atoms with Crippen molar-refractivity contribution in [2.75, 3.05) is 16.9 Å². The Hall–Kier alpha value is -3.75. The van der Waals surface area contributed by atoms with E-state index in [0.29, 0.717) is 17.4 Å². The van der Waals surface area contributed by atoms with Crippen LogP contribution < -0.4 is 14.5 Å². The minimum Gasteiger partial charge on any atom is -0.497 e. The Morgan fingerprint density at radius 1 is 0.971 bits per heavy atom. The monoisotopic (exact) mass is 489 g/mol. The highest BCUT2D eigenvalue weighted by molar-refractivity contribution is 7.14. The summed E-state index contributed by atoms with van der Waals surface area (Å²) in [5, 5.41) is 4.37. The molecule has 0 atom stereocenters. The topological polar surface area (TPSA) is 62.7 Å². The average Bonchev–Trinajstić information content (AvgIpc) is 3.54. The van der Waals surface area contributed by atoms with Crippen LogP contribution in [0.25, 0.3) is 6.08 Å². The Labute approximate surface area is 206 Å². The van der Waals surface area contributed by atoms with Gasteiger partial charge in [0.2, 0.25) is 5.91 Å². The molecule has 0 aliphatic carbocycles. The van der Waals surface area contributed by atoms with E-state index in [1.807, 2.05) is 77.5 Å². The minimum absolute atomic E-state index is 0.131. The van der Waals surface area contributed by atoms with Crippen molar-refractivity contribution in [3.8, 4) is 5.75 Å². The van der Waals surface area contributed by atoms with E-state index in [1.165, 1.54) is 24.3 Å². The number of thiazole rings is 1. The van der Waals surface area contributed by atoms with Gasteiger partial charge in [0.05, 0.1) is 25.0 Å². The molecule has 0 N–H and O–H groups in total. The Morgan fingerprint density at radius 2 is 1.74 bits per heavy atom. The summed E-state index contributed by atoms with van der Waals surface area (Å²) in [6.45, 7) is 1.96. The fraction of sp³-hybridized carbons (Fsp3) is 0.115. The lowest BCUT2D eigenvalue weighted by Gasteiger charge is -2.21. The molecular weight excluding hydrogens is 466 g/mol. The Balaban J connectivity index is 1.55. The zero-order valence-corrected chi connectivity index (χ0v) is 20.4. The van der Waals surface area contributed by atoms with Crippen LogP contribution in [0, 0.1) is 0 Å². The summed E-state index contributed by atoms with van der Waals surface area (Å²) in [7, 11) is 1.61. The first-order valence-corrected chi connectivity index (χ1v) is 12.3. The van der Waals surface area contributed by atoms with Crippen LogP contribution in [0.3, 0.4) is 0 Å². The molecule has 2 aromatic carbocycles. The number of hydrogen-bond donors (Lipinski definition) is 0. The second-order valence-corrected chi connectivity index (χ2v) is 9.15. The third-order valence-corrected chi connectivity index (χ3v) is 6.68. The molecule has 34 heavy (non-hydrogen) atoms. The highest BCUT2D eigenvalue weighted by Crippen LogP contribution is 2.29. The molecule has 4 aromatic rings. The van der Waals surface area contributed by atoms with Gasteiger partial charge in [-0.2, -0.15) is 0 Å². The van der Waals surface area contributed by atoms with Crippen molar-refractivity contribution in [3.63, 3.8) is 0 Å². The van der Waals surface area contributed by atoms with Gasteiger partial charge >= 0.3 is 0 Å². The number of aromatic nitrogens is 1. The molecule has 0 spiro atoms. The van der Waals surface area contributed by atoms with Gasteiger partial charge in [-0.1, -0.05) is 24.3 Å². The molecule has 172 valence electrons. The van der Waals surface area contributed by atoms with Gasteiger partial charge < -0.3 is 9.64 Å². The lowest BCUT2D eigenvalue weighted by atomic mass is 10.2. The van der Waals surface area contributed by atoms with E-state index in [-0.39, 0.29) is 11.8 Å². The fourth-order valence-corrected chi connectivity index (χ4v) is 4.87. The molecule has 2 amide bonds. The first-order chi connectivity index (χ1) is 16.5. The summed E-state index contributed by atoms with van der Waals surface area (Å²) < 4.78 is 5.24. The van der Waals surface area contributed by atoms with Crippen LogP contribution in [0.15, 0.2) is 83.6 Å². The Bertz CT molecular complexity index is 1270. The highest BCUT2D eigenvalue weighted by atomic mass is 32.1. The molecule has 0 fully saturated rings. The summed E-state index contributed by atoms with van der Waals surface area (Å²) >= 11 is 2.95. The first-order valence-electron chi connectivity index (χ1n) is 10.5. The number of carbonyl (C=O) groups is 2. The molecule has 0 unspecified atom stereocenters. The van der Waals surface area contributed by atoms with Gasteiger partial charge in [-0.25, -0.2) is 4.98 Å². The second-order valence-electron chi connectivity index (χ2n) is 7.28. The maximum absolute atomic E-state index is 13.2. The molecule has 8 heteroatoms. The summed E-state index contributed by atoms with van der Waals surface area (Å²) in [4.78, 5) is 34.4. The molecule has 6 nitrogen and oxygen atoms in total. The van der Waals surface area contributed by atoms with E-state index in [2.05, 4.69) is 4.98 Å². The fourth-order valence-electron chi connectivity index (χ4n) is 3.32. The van der Waals surface area contributed by atoms with Crippen molar-refractivity contribution >= 4 is 57.1 Å². The normalized spacial score (nSPS) is 10.9. The third-order valence-electron chi connectivity index (χ3n) is 4.97. The number of ether oxygens (including phenoxy) is 1. The van der Waals surface area contributed by atoms with Gasteiger partial charge in [0.25, 0.3) is 5.91 Å². The molecule has 0 aliphatic rings. The molecule has 0 aliphatic heterocycles. The molecule has 2 aromatic heterocycles. The van der Waals surface area contributed by atoms with E-state index in [0.717, 1.165) is 22.0 Å². The van der Waals surface area contributed by atoms with E-state index in [9.17, 15) is 9.59 Å². The summed E-state index contributed by atoms with van der Waals surface area (Å²) in [5.41, 5.74) is 2.13. The Morgan fingerprint density at radius 3 is 2.38 bits per heavy atom. The number of thiophene rings is 1. The van der Waals surface area contributed by atoms with E-state index < -0.39 is 0 Å². The number of methoxy groups -OCH3 is 1. The maximum Gasteiger partial charge on any atom is 0.251 e. The van der Waals surface area contributed by atoms with Crippen molar-refractivity contribution in [3.05, 3.63) is 94.1 Å². The van der Waals surface area contributed by atoms with Gasteiger partial charge in [-0.3, -0.25) is 14.5 Å². The van der Waals surface area contributed by atoms with Crippen LogP contribution in [-0.2, 0) is 16.1 Å². The SMILES string of the molecule is COc1ccc(N(Cc2cccs2)C(=O)C=Cc2csc(N(C(C)=O)c3ccccc3)n2)cc1. The zero-order valence-electron chi connectivity index (χ0n) is 18.8. The molecule has 0 bridgehead atoms. The third kappa shape index (κ3) is 5.59. The van der Waals surface area contributed by atoms with E-state index in [1.54, 1.807) is 34.3 Å². The van der Waals surface area contributed by atoms with Crippen molar-refractivity contribution in [1.82, 2.24) is 4.98 Å². The number of anilines is 3. The maximum atomic E-state index is 13.2. The van der Waals surface area contributed by atoms with E-state index >= 15 is 0 Å². The highest BCUT2D eigenvalue weighted by Gasteiger charge is 2.18.